The third-order valence-electron chi connectivity index (χ3n) is 4.96. The first-order valence-corrected chi connectivity index (χ1v) is 8.77. The number of hydrogen-bond acceptors (Lipinski definition) is 4. The predicted molar refractivity (Wildman–Crippen MR) is 91.6 cm³/mol. The minimum absolute atomic E-state index is 0.0701. The molecule has 1 amide bonds. The minimum atomic E-state index is -0.214. The van der Waals surface area contributed by atoms with Crippen molar-refractivity contribution in [3.63, 3.8) is 0 Å². The van der Waals surface area contributed by atoms with E-state index in [2.05, 4.69) is 15.1 Å². The molecular formula is C18H26FN3O2. The van der Waals surface area contributed by atoms with Gasteiger partial charge in [0.05, 0.1) is 12.1 Å². The van der Waals surface area contributed by atoms with Crippen molar-refractivity contribution in [2.24, 2.45) is 0 Å². The first-order chi connectivity index (χ1) is 11.6. The number of benzene rings is 1. The Bertz CT molecular complexity index is 538. The van der Waals surface area contributed by atoms with E-state index in [9.17, 15) is 9.18 Å². The van der Waals surface area contributed by atoms with Crippen LogP contribution in [0.2, 0.25) is 0 Å². The van der Waals surface area contributed by atoms with Crippen molar-refractivity contribution < 1.29 is 13.9 Å². The number of hydrogen-bond donors (Lipinski definition) is 1. The summed E-state index contributed by atoms with van der Waals surface area (Å²) in [7, 11) is 0. The van der Waals surface area contributed by atoms with Gasteiger partial charge in [-0.1, -0.05) is 0 Å². The minimum Gasteiger partial charge on any atom is -0.376 e. The number of halogens is 1. The lowest BCUT2D eigenvalue weighted by atomic mass is 10.2. The summed E-state index contributed by atoms with van der Waals surface area (Å²) in [6.45, 7) is 6.71. The summed E-state index contributed by atoms with van der Waals surface area (Å²) in [5.74, 6) is -0.144. The Kier molecular flexibility index (Phi) is 5.68. The van der Waals surface area contributed by atoms with Crippen molar-refractivity contribution >= 4 is 11.6 Å². The van der Waals surface area contributed by atoms with Gasteiger partial charge in [-0.2, -0.15) is 0 Å². The van der Waals surface area contributed by atoms with Gasteiger partial charge in [0.15, 0.2) is 0 Å². The highest BCUT2D eigenvalue weighted by Crippen LogP contribution is 2.18. The molecule has 1 aromatic rings. The summed E-state index contributed by atoms with van der Waals surface area (Å²) in [6, 6.07) is 6.46. The molecule has 132 valence electrons. The second-order valence-electron chi connectivity index (χ2n) is 6.56. The number of amides is 1. The second-order valence-corrected chi connectivity index (χ2v) is 6.56. The average Bonchev–Trinajstić information content (AvgIpc) is 3.13. The molecule has 0 radical (unpaired) electrons. The van der Waals surface area contributed by atoms with Gasteiger partial charge in [-0.05, 0) is 44.0 Å². The van der Waals surface area contributed by atoms with Gasteiger partial charge in [0.25, 0.3) is 0 Å². The molecule has 0 bridgehead atoms. The van der Waals surface area contributed by atoms with Crippen LogP contribution in [0.1, 0.15) is 19.8 Å². The maximum absolute atomic E-state index is 13.0. The summed E-state index contributed by atoms with van der Waals surface area (Å²) in [5, 5.41) is 3.01. The molecule has 2 aliphatic rings. The molecule has 0 spiro atoms. The molecule has 1 aromatic carbocycles. The molecule has 3 rings (SSSR count). The van der Waals surface area contributed by atoms with Crippen LogP contribution < -0.4 is 10.2 Å². The predicted octanol–water partition coefficient (Wildman–Crippen LogP) is 1.63. The molecular weight excluding hydrogens is 309 g/mol. The van der Waals surface area contributed by atoms with Crippen LogP contribution in [0, 0.1) is 5.82 Å². The van der Waals surface area contributed by atoms with E-state index in [1.165, 1.54) is 12.1 Å². The third kappa shape index (κ3) is 4.24. The van der Waals surface area contributed by atoms with Crippen molar-refractivity contribution in [3.8, 4) is 0 Å². The number of carbonyl (C=O) groups is 1. The number of anilines is 1. The zero-order chi connectivity index (χ0) is 16.9. The summed E-state index contributed by atoms with van der Waals surface area (Å²) in [5.41, 5.74) is 1.03. The molecule has 6 heteroatoms. The lowest BCUT2D eigenvalue weighted by Gasteiger charge is -2.38. The van der Waals surface area contributed by atoms with Crippen LogP contribution in [0.15, 0.2) is 24.3 Å². The van der Waals surface area contributed by atoms with Crippen molar-refractivity contribution in [3.05, 3.63) is 30.1 Å². The van der Waals surface area contributed by atoms with E-state index in [0.29, 0.717) is 6.54 Å². The van der Waals surface area contributed by atoms with E-state index < -0.39 is 0 Å². The Morgan fingerprint density at radius 1 is 1.29 bits per heavy atom. The number of carbonyl (C=O) groups excluding carboxylic acids is 1. The average molecular weight is 335 g/mol. The van der Waals surface area contributed by atoms with Gasteiger partial charge < -0.3 is 15.0 Å². The molecule has 5 nitrogen and oxygen atoms in total. The Balaban J connectivity index is 1.44. The molecule has 2 fully saturated rings. The fourth-order valence-corrected chi connectivity index (χ4v) is 3.35. The lowest BCUT2D eigenvalue weighted by molar-refractivity contribution is -0.126. The molecule has 1 N–H and O–H groups in total. The zero-order valence-corrected chi connectivity index (χ0v) is 14.2. The fraction of sp³-hybridized carbons (Fsp3) is 0.611. The first-order valence-electron chi connectivity index (χ1n) is 8.77. The van der Waals surface area contributed by atoms with Crippen LogP contribution in [0.4, 0.5) is 10.1 Å². The molecule has 0 aromatic heterocycles. The Morgan fingerprint density at radius 3 is 2.62 bits per heavy atom. The van der Waals surface area contributed by atoms with Crippen molar-refractivity contribution in [2.75, 3.05) is 44.2 Å². The molecule has 2 saturated heterocycles. The quantitative estimate of drug-likeness (QED) is 0.888. The van der Waals surface area contributed by atoms with Crippen molar-refractivity contribution in [1.29, 1.82) is 0 Å². The maximum Gasteiger partial charge on any atom is 0.237 e. The van der Waals surface area contributed by atoms with Gasteiger partial charge in [-0.3, -0.25) is 9.69 Å². The number of ether oxygens (including phenoxy) is 1. The Labute approximate surface area is 142 Å². The topological polar surface area (TPSA) is 44.8 Å². The zero-order valence-electron chi connectivity index (χ0n) is 14.2. The summed E-state index contributed by atoms with van der Waals surface area (Å²) in [6.07, 6.45) is 2.29. The van der Waals surface area contributed by atoms with Crippen LogP contribution in [0.25, 0.3) is 0 Å². The second kappa shape index (κ2) is 7.94. The first kappa shape index (κ1) is 17.2. The highest BCUT2D eigenvalue weighted by molar-refractivity contribution is 5.81. The number of nitrogens with one attached hydrogen (secondary N) is 1. The van der Waals surface area contributed by atoms with E-state index in [1.54, 1.807) is 0 Å². The van der Waals surface area contributed by atoms with Gasteiger partial charge in [0.2, 0.25) is 5.91 Å². The Morgan fingerprint density at radius 2 is 2.00 bits per heavy atom. The van der Waals surface area contributed by atoms with E-state index in [0.717, 1.165) is 51.3 Å². The van der Waals surface area contributed by atoms with Crippen LogP contribution in [-0.4, -0.2) is 62.3 Å². The molecule has 0 aliphatic carbocycles. The Hall–Kier alpha value is -1.66. The number of piperazine rings is 1. The van der Waals surface area contributed by atoms with Crippen molar-refractivity contribution in [1.82, 2.24) is 10.2 Å². The van der Waals surface area contributed by atoms with E-state index in [4.69, 9.17) is 4.74 Å². The van der Waals surface area contributed by atoms with Gasteiger partial charge in [-0.15, -0.1) is 0 Å². The molecule has 2 aliphatic heterocycles. The van der Waals surface area contributed by atoms with E-state index in [1.807, 2.05) is 19.1 Å². The number of nitrogens with zero attached hydrogens (tertiary/aromatic N) is 2. The normalized spacial score (nSPS) is 23.2. The van der Waals surface area contributed by atoms with Crippen LogP contribution in [0.3, 0.4) is 0 Å². The monoisotopic (exact) mass is 335 g/mol. The molecule has 0 unspecified atom stereocenters. The molecule has 2 atom stereocenters. The molecule has 0 saturated carbocycles. The largest absolute Gasteiger partial charge is 0.376 e. The van der Waals surface area contributed by atoms with Crippen molar-refractivity contribution in [2.45, 2.75) is 31.9 Å². The SMILES string of the molecule is C[C@@H](C(=O)NC[C@@H]1CCCO1)N1CCN(c2ccc(F)cc2)CC1. The molecule has 24 heavy (non-hydrogen) atoms. The van der Waals surface area contributed by atoms with Crippen LogP contribution >= 0.6 is 0 Å². The standard InChI is InChI=1S/C18H26FN3O2/c1-14(18(23)20-13-17-3-2-12-24-17)21-8-10-22(11-9-21)16-6-4-15(19)5-7-16/h4-7,14,17H,2-3,8-13H2,1H3,(H,20,23)/t14-,17-/m0/s1. The number of rotatable bonds is 5. The van der Waals surface area contributed by atoms with Gasteiger partial charge in [-0.25, -0.2) is 4.39 Å². The summed E-state index contributed by atoms with van der Waals surface area (Å²) in [4.78, 5) is 16.8. The summed E-state index contributed by atoms with van der Waals surface area (Å²) >= 11 is 0. The molecule has 2 heterocycles. The maximum atomic E-state index is 13.0. The van der Waals surface area contributed by atoms with Gasteiger partial charge in [0, 0.05) is 45.0 Å². The highest BCUT2D eigenvalue weighted by Gasteiger charge is 2.26. The van der Waals surface area contributed by atoms with E-state index in [-0.39, 0.29) is 23.9 Å². The fourth-order valence-electron chi connectivity index (χ4n) is 3.35. The van der Waals surface area contributed by atoms with Crippen LogP contribution in [-0.2, 0) is 9.53 Å². The van der Waals surface area contributed by atoms with E-state index >= 15 is 0 Å². The smallest absolute Gasteiger partial charge is 0.237 e. The highest BCUT2D eigenvalue weighted by atomic mass is 19.1. The van der Waals surface area contributed by atoms with Gasteiger partial charge in [0.1, 0.15) is 5.82 Å². The van der Waals surface area contributed by atoms with Crippen LogP contribution in [0.5, 0.6) is 0 Å². The third-order valence-corrected chi connectivity index (χ3v) is 4.96. The van der Waals surface area contributed by atoms with Gasteiger partial charge >= 0.3 is 0 Å². The summed E-state index contributed by atoms with van der Waals surface area (Å²) < 4.78 is 18.6. The lowest BCUT2D eigenvalue weighted by Crippen LogP contribution is -2.54.